The topological polar surface area (TPSA) is 63.1 Å². The van der Waals surface area contributed by atoms with E-state index in [9.17, 15) is 4.79 Å². The van der Waals surface area contributed by atoms with E-state index in [4.69, 9.17) is 0 Å². The number of hydrogen-bond acceptors (Lipinski definition) is 3. The molecule has 0 aromatic carbocycles. The lowest BCUT2D eigenvalue weighted by Crippen LogP contribution is -2.37. The van der Waals surface area contributed by atoms with Crippen LogP contribution in [-0.4, -0.2) is 38.8 Å². The lowest BCUT2D eigenvalue weighted by Gasteiger charge is -2.15. The molecule has 15 heavy (non-hydrogen) atoms. The quantitative estimate of drug-likeness (QED) is 0.752. The molecular formula is C9H15N5O. The molecule has 0 saturated carbocycles. The van der Waals surface area contributed by atoms with Crippen LogP contribution >= 0.6 is 0 Å². The second-order valence-corrected chi connectivity index (χ2v) is 3.69. The van der Waals surface area contributed by atoms with Gasteiger partial charge in [-0.2, -0.15) is 5.10 Å². The second-order valence-electron chi connectivity index (χ2n) is 3.69. The normalized spacial score (nSPS) is 15.7. The number of likely N-dealkylation sites (tertiary alicyclic amines) is 1. The molecule has 2 heterocycles. The second kappa shape index (κ2) is 4.29. The summed E-state index contributed by atoms with van der Waals surface area (Å²) in [5.74, 6) is 0.644. The van der Waals surface area contributed by atoms with Gasteiger partial charge >= 0.3 is 6.03 Å². The molecule has 0 spiro atoms. The number of carbonyl (C=O) groups excluding carboxylic acids is 1. The minimum absolute atomic E-state index is 0.0139. The number of nitrogens with zero attached hydrogens (tertiary/aromatic N) is 4. The third kappa shape index (κ3) is 2.45. The summed E-state index contributed by atoms with van der Waals surface area (Å²) in [5.41, 5.74) is 0. The Morgan fingerprint density at radius 2 is 2.27 bits per heavy atom. The van der Waals surface area contributed by atoms with Gasteiger partial charge in [0, 0.05) is 20.1 Å². The van der Waals surface area contributed by atoms with E-state index in [1.54, 1.807) is 18.1 Å². The van der Waals surface area contributed by atoms with Crippen molar-refractivity contribution in [2.75, 3.05) is 13.1 Å². The maximum Gasteiger partial charge on any atom is 0.317 e. The Labute approximate surface area is 88.3 Å². The van der Waals surface area contributed by atoms with Crippen molar-refractivity contribution in [1.82, 2.24) is 25.0 Å². The molecular weight excluding hydrogens is 194 g/mol. The number of hydrogen-bond donors (Lipinski definition) is 1. The van der Waals surface area contributed by atoms with Crippen molar-refractivity contribution >= 4 is 6.03 Å². The Balaban J connectivity index is 1.80. The number of urea groups is 1. The Kier molecular flexibility index (Phi) is 2.84. The standard InChI is InChI=1S/C9H15N5O/c1-13-7-11-8(12-13)6-10-9(15)14-4-2-3-5-14/h7H,2-6H2,1H3,(H,10,15). The third-order valence-electron chi connectivity index (χ3n) is 2.44. The van der Waals surface area contributed by atoms with E-state index in [1.165, 1.54) is 0 Å². The van der Waals surface area contributed by atoms with Crippen LogP contribution in [0.15, 0.2) is 6.33 Å². The van der Waals surface area contributed by atoms with Crippen molar-refractivity contribution in [2.24, 2.45) is 7.05 Å². The van der Waals surface area contributed by atoms with Crippen LogP contribution < -0.4 is 5.32 Å². The average Bonchev–Trinajstić information content (AvgIpc) is 2.84. The highest BCUT2D eigenvalue weighted by Gasteiger charge is 2.17. The molecule has 1 aliphatic rings. The van der Waals surface area contributed by atoms with Crippen molar-refractivity contribution in [1.29, 1.82) is 0 Å². The van der Waals surface area contributed by atoms with Gasteiger partial charge in [0.15, 0.2) is 5.82 Å². The largest absolute Gasteiger partial charge is 0.331 e. The van der Waals surface area contributed by atoms with Crippen LogP contribution in [0, 0.1) is 0 Å². The zero-order valence-electron chi connectivity index (χ0n) is 8.81. The first-order valence-corrected chi connectivity index (χ1v) is 5.13. The van der Waals surface area contributed by atoms with Gasteiger partial charge < -0.3 is 10.2 Å². The first-order valence-electron chi connectivity index (χ1n) is 5.13. The van der Waals surface area contributed by atoms with Crippen LogP contribution in [0.2, 0.25) is 0 Å². The summed E-state index contributed by atoms with van der Waals surface area (Å²) in [7, 11) is 1.80. The van der Waals surface area contributed by atoms with Crippen LogP contribution in [0.4, 0.5) is 4.79 Å². The van der Waals surface area contributed by atoms with Gasteiger partial charge in [-0.1, -0.05) is 0 Å². The molecule has 0 aliphatic carbocycles. The molecule has 1 aromatic rings. The highest BCUT2D eigenvalue weighted by atomic mass is 16.2. The number of amides is 2. The minimum Gasteiger partial charge on any atom is -0.331 e. The third-order valence-corrected chi connectivity index (χ3v) is 2.44. The summed E-state index contributed by atoms with van der Waals surface area (Å²) in [5, 5.41) is 6.88. The zero-order chi connectivity index (χ0) is 10.7. The lowest BCUT2D eigenvalue weighted by molar-refractivity contribution is 0.208. The molecule has 6 heteroatoms. The predicted octanol–water partition coefficient (Wildman–Crippen LogP) is 0.120. The molecule has 0 bridgehead atoms. The molecule has 6 nitrogen and oxygen atoms in total. The van der Waals surface area contributed by atoms with E-state index in [0.29, 0.717) is 12.4 Å². The lowest BCUT2D eigenvalue weighted by atomic mass is 10.4. The van der Waals surface area contributed by atoms with E-state index in [2.05, 4.69) is 15.4 Å². The van der Waals surface area contributed by atoms with E-state index in [-0.39, 0.29) is 6.03 Å². The maximum atomic E-state index is 11.6. The monoisotopic (exact) mass is 209 g/mol. The zero-order valence-corrected chi connectivity index (χ0v) is 8.81. The molecule has 0 radical (unpaired) electrons. The minimum atomic E-state index is -0.0139. The number of carbonyl (C=O) groups is 1. The molecule has 0 atom stereocenters. The Morgan fingerprint density at radius 1 is 1.53 bits per heavy atom. The van der Waals surface area contributed by atoms with E-state index >= 15 is 0 Å². The molecule has 1 aromatic heterocycles. The van der Waals surface area contributed by atoms with Crippen LogP contribution in [0.1, 0.15) is 18.7 Å². The van der Waals surface area contributed by atoms with E-state index in [0.717, 1.165) is 25.9 Å². The highest BCUT2D eigenvalue weighted by Crippen LogP contribution is 2.06. The molecule has 2 rings (SSSR count). The summed E-state index contributed by atoms with van der Waals surface area (Å²) >= 11 is 0. The van der Waals surface area contributed by atoms with Gasteiger partial charge in [-0.05, 0) is 12.8 Å². The first kappa shape index (κ1) is 9.95. The number of rotatable bonds is 2. The summed E-state index contributed by atoms with van der Waals surface area (Å²) in [4.78, 5) is 17.4. The van der Waals surface area contributed by atoms with Crippen molar-refractivity contribution in [3.8, 4) is 0 Å². The summed E-state index contributed by atoms with van der Waals surface area (Å²) < 4.78 is 1.62. The molecule has 82 valence electrons. The van der Waals surface area contributed by atoms with Gasteiger partial charge in [0.25, 0.3) is 0 Å². The molecule has 2 amide bonds. The Hall–Kier alpha value is -1.59. The molecule has 0 unspecified atom stereocenters. The van der Waals surface area contributed by atoms with Gasteiger partial charge in [-0.25, -0.2) is 9.78 Å². The predicted molar refractivity (Wildman–Crippen MR) is 54.0 cm³/mol. The van der Waals surface area contributed by atoms with E-state index < -0.39 is 0 Å². The average molecular weight is 209 g/mol. The van der Waals surface area contributed by atoms with Gasteiger partial charge in [0.05, 0.1) is 6.54 Å². The number of aromatic nitrogens is 3. The van der Waals surface area contributed by atoms with Crippen LogP contribution in [0.3, 0.4) is 0 Å². The molecule has 1 N–H and O–H groups in total. The molecule has 1 fully saturated rings. The van der Waals surface area contributed by atoms with Crippen molar-refractivity contribution in [3.05, 3.63) is 12.2 Å². The summed E-state index contributed by atoms with van der Waals surface area (Å²) in [6.45, 7) is 2.12. The summed E-state index contributed by atoms with van der Waals surface area (Å²) in [6, 6.07) is -0.0139. The fourth-order valence-corrected chi connectivity index (χ4v) is 1.65. The van der Waals surface area contributed by atoms with Crippen molar-refractivity contribution in [2.45, 2.75) is 19.4 Å². The van der Waals surface area contributed by atoms with Crippen LogP contribution in [-0.2, 0) is 13.6 Å². The Morgan fingerprint density at radius 3 is 2.87 bits per heavy atom. The van der Waals surface area contributed by atoms with E-state index in [1.807, 2.05) is 4.90 Å². The maximum absolute atomic E-state index is 11.6. The van der Waals surface area contributed by atoms with Gasteiger partial charge in [0.2, 0.25) is 0 Å². The molecule has 1 saturated heterocycles. The highest BCUT2D eigenvalue weighted by molar-refractivity contribution is 5.74. The number of nitrogens with one attached hydrogen (secondary N) is 1. The van der Waals surface area contributed by atoms with Crippen molar-refractivity contribution in [3.63, 3.8) is 0 Å². The van der Waals surface area contributed by atoms with Crippen LogP contribution in [0.5, 0.6) is 0 Å². The number of aryl methyl sites for hydroxylation is 1. The molecule has 1 aliphatic heterocycles. The van der Waals surface area contributed by atoms with Gasteiger partial charge in [-0.15, -0.1) is 0 Å². The fourth-order valence-electron chi connectivity index (χ4n) is 1.65. The Bertz CT molecular complexity index is 342. The smallest absolute Gasteiger partial charge is 0.317 e. The van der Waals surface area contributed by atoms with Crippen molar-refractivity contribution < 1.29 is 4.79 Å². The fraction of sp³-hybridized carbons (Fsp3) is 0.667. The van der Waals surface area contributed by atoms with Crippen LogP contribution in [0.25, 0.3) is 0 Å². The SMILES string of the molecule is Cn1cnc(CNC(=O)N2CCCC2)n1. The van der Waals surface area contributed by atoms with Gasteiger partial charge in [-0.3, -0.25) is 4.68 Å². The van der Waals surface area contributed by atoms with Gasteiger partial charge in [0.1, 0.15) is 6.33 Å². The first-order chi connectivity index (χ1) is 7.25. The summed E-state index contributed by atoms with van der Waals surface area (Å²) in [6.07, 6.45) is 3.84.